The SMILES string of the molecule is c1ccc(-c2ccccc2-c2cc3ccc2CCc2ccc(cc2-c2ccccc2-c2ccccc2)CC3)cc1. The van der Waals surface area contributed by atoms with E-state index in [2.05, 4.69) is 146 Å². The minimum Gasteiger partial charge on any atom is -0.0622 e. The van der Waals surface area contributed by atoms with Crippen LogP contribution in [0.1, 0.15) is 22.3 Å². The lowest BCUT2D eigenvalue weighted by molar-refractivity contribution is 0.925. The van der Waals surface area contributed by atoms with Gasteiger partial charge in [0.1, 0.15) is 0 Å². The summed E-state index contributed by atoms with van der Waals surface area (Å²) in [4.78, 5) is 0. The maximum absolute atomic E-state index is 2.46. The third-order valence-electron chi connectivity index (χ3n) is 8.32. The first-order chi connectivity index (χ1) is 19.8. The highest BCUT2D eigenvalue weighted by molar-refractivity contribution is 5.86. The van der Waals surface area contributed by atoms with E-state index in [1.165, 1.54) is 66.8 Å². The fourth-order valence-corrected chi connectivity index (χ4v) is 6.23. The molecule has 6 aromatic rings. The Morgan fingerprint density at radius 1 is 0.275 bits per heavy atom. The van der Waals surface area contributed by atoms with Crippen LogP contribution in [0.3, 0.4) is 0 Å². The minimum absolute atomic E-state index is 0.999. The molecule has 192 valence electrons. The Balaban J connectivity index is 1.33. The Morgan fingerprint density at radius 2 is 0.650 bits per heavy atom. The molecular weight excluding hydrogens is 480 g/mol. The van der Waals surface area contributed by atoms with Gasteiger partial charge in [0.15, 0.2) is 0 Å². The number of hydrogen-bond acceptors (Lipinski definition) is 0. The van der Waals surface area contributed by atoms with Crippen molar-refractivity contribution in [1.29, 1.82) is 0 Å². The molecular formula is C40H32. The van der Waals surface area contributed by atoms with Gasteiger partial charge in [-0.05, 0) is 92.4 Å². The van der Waals surface area contributed by atoms with Crippen molar-refractivity contribution in [2.75, 3.05) is 0 Å². The van der Waals surface area contributed by atoms with Crippen LogP contribution in [0.4, 0.5) is 0 Å². The fourth-order valence-electron chi connectivity index (χ4n) is 6.23. The molecule has 0 heteroatoms. The monoisotopic (exact) mass is 512 g/mol. The van der Waals surface area contributed by atoms with E-state index in [0.29, 0.717) is 0 Å². The van der Waals surface area contributed by atoms with Crippen LogP contribution in [-0.4, -0.2) is 0 Å². The number of aryl methyl sites for hydroxylation is 4. The van der Waals surface area contributed by atoms with Crippen LogP contribution in [0.5, 0.6) is 0 Å². The molecule has 0 amide bonds. The van der Waals surface area contributed by atoms with Crippen LogP contribution in [-0.2, 0) is 25.7 Å². The first-order valence-corrected chi connectivity index (χ1v) is 14.4. The zero-order valence-corrected chi connectivity index (χ0v) is 22.7. The van der Waals surface area contributed by atoms with E-state index in [-0.39, 0.29) is 0 Å². The molecule has 0 heterocycles. The molecule has 0 spiro atoms. The fraction of sp³-hybridized carbons (Fsp3) is 0.100. The van der Waals surface area contributed by atoms with Gasteiger partial charge in [0, 0.05) is 0 Å². The Labute approximate surface area is 237 Å². The zero-order valence-electron chi connectivity index (χ0n) is 22.7. The second-order valence-electron chi connectivity index (χ2n) is 10.8. The van der Waals surface area contributed by atoms with Crippen molar-refractivity contribution in [3.63, 3.8) is 0 Å². The van der Waals surface area contributed by atoms with Gasteiger partial charge in [0.2, 0.25) is 0 Å². The quantitative estimate of drug-likeness (QED) is 0.220. The predicted octanol–water partition coefficient (Wildman–Crippen LogP) is 10.2. The molecule has 0 nitrogen and oxygen atoms in total. The first kappa shape index (κ1) is 24.4. The normalized spacial score (nSPS) is 12.6. The molecule has 0 atom stereocenters. The van der Waals surface area contributed by atoms with Gasteiger partial charge in [-0.25, -0.2) is 0 Å². The van der Waals surface area contributed by atoms with E-state index >= 15 is 0 Å². The van der Waals surface area contributed by atoms with E-state index in [0.717, 1.165) is 25.7 Å². The highest BCUT2D eigenvalue weighted by Gasteiger charge is 2.16. The second-order valence-corrected chi connectivity index (χ2v) is 10.8. The highest BCUT2D eigenvalue weighted by Crippen LogP contribution is 2.38. The summed E-state index contributed by atoms with van der Waals surface area (Å²) in [6.07, 6.45) is 4.05. The molecule has 40 heavy (non-hydrogen) atoms. The van der Waals surface area contributed by atoms with Crippen LogP contribution in [0.15, 0.2) is 146 Å². The van der Waals surface area contributed by atoms with Crippen LogP contribution in [0.25, 0.3) is 44.5 Å². The number of rotatable bonds is 4. The van der Waals surface area contributed by atoms with E-state index in [1.54, 1.807) is 0 Å². The van der Waals surface area contributed by atoms with Crippen molar-refractivity contribution in [3.8, 4) is 44.5 Å². The molecule has 0 N–H and O–H groups in total. The predicted molar refractivity (Wildman–Crippen MR) is 169 cm³/mol. The van der Waals surface area contributed by atoms with Gasteiger partial charge < -0.3 is 0 Å². The summed E-state index contributed by atoms with van der Waals surface area (Å²) >= 11 is 0. The summed E-state index contributed by atoms with van der Waals surface area (Å²) in [5, 5.41) is 0. The van der Waals surface area contributed by atoms with Crippen LogP contribution < -0.4 is 0 Å². The lowest BCUT2D eigenvalue weighted by Gasteiger charge is -2.20. The summed E-state index contributed by atoms with van der Waals surface area (Å²) in [6.45, 7) is 0. The van der Waals surface area contributed by atoms with Crippen molar-refractivity contribution in [2.45, 2.75) is 25.7 Å². The average Bonchev–Trinajstić information content (AvgIpc) is 3.03. The maximum atomic E-state index is 2.46. The molecule has 4 aliphatic rings. The molecule has 0 saturated carbocycles. The molecule has 10 rings (SSSR count). The topological polar surface area (TPSA) is 0 Å². The molecule has 6 aromatic carbocycles. The summed E-state index contributed by atoms with van der Waals surface area (Å²) in [6, 6.07) is 53.8. The van der Waals surface area contributed by atoms with Gasteiger partial charge in [0.05, 0.1) is 0 Å². The Morgan fingerprint density at radius 3 is 1.07 bits per heavy atom. The summed E-state index contributed by atoms with van der Waals surface area (Å²) in [5.74, 6) is 0. The number of benzene rings is 6. The molecule has 0 aromatic heterocycles. The smallest absolute Gasteiger partial charge is 0.0103 e. The summed E-state index contributed by atoms with van der Waals surface area (Å²) in [5.41, 5.74) is 16.2. The lowest BCUT2D eigenvalue weighted by Crippen LogP contribution is -2.03. The Kier molecular flexibility index (Phi) is 6.60. The van der Waals surface area contributed by atoms with Crippen molar-refractivity contribution in [2.24, 2.45) is 0 Å². The van der Waals surface area contributed by atoms with Crippen LogP contribution in [0.2, 0.25) is 0 Å². The van der Waals surface area contributed by atoms with E-state index < -0.39 is 0 Å². The third-order valence-corrected chi connectivity index (χ3v) is 8.32. The van der Waals surface area contributed by atoms with Crippen molar-refractivity contribution in [3.05, 3.63) is 168 Å². The molecule has 0 saturated heterocycles. The average molecular weight is 513 g/mol. The minimum atomic E-state index is 0.999. The van der Waals surface area contributed by atoms with Gasteiger partial charge in [-0.1, -0.05) is 146 Å². The second kappa shape index (κ2) is 10.8. The number of hydrogen-bond donors (Lipinski definition) is 0. The van der Waals surface area contributed by atoms with Gasteiger partial charge in [-0.2, -0.15) is 0 Å². The summed E-state index contributed by atoms with van der Waals surface area (Å²) < 4.78 is 0. The van der Waals surface area contributed by atoms with E-state index in [9.17, 15) is 0 Å². The summed E-state index contributed by atoms with van der Waals surface area (Å²) in [7, 11) is 0. The highest BCUT2D eigenvalue weighted by atomic mass is 14.2. The molecule has 4 aliphatic carbocycles. The standard InChI is InChI=1S/C40H32/c1-3-11-31(12-4-1)35-15-7-9-17-37(35)39-27-29-19-20-30-22-24-34(26-25-33(39)23-21-29)40(28-30)38-18-10-8-16-36(38)32-13-5-2-6-14-32/h1-18,21-24,27-28H,19-20,25-26H2. The van der Waals surface area contributed by atoms with Crippen LogP contribution >= 0.6 is 0 Å². The molecule has 0 aliphatic heterocycles. The lowest BCUT2D eigenvalue weighted by atomic mass is 9.84. The van der Waals surface area contributed by atoms with Gasteiger partial charge in [-0.3, -0.25) is 0 Å². The third kappa shape index (κ3) is 4.78. The Bertz CT molecular complexity index is 1640. The maximum Gasteiger partial charge on any atom is -0.0103 e. The van der Waals surface area contributed by atoms with Crippen molar-refractivity contribution >= 4 is 0 Å². The Hall–Kier alpha value is -4.68. The van der Waals surface area contributed by atoms with Crippen LogP contribution in [0, 0.1) is 0 Å². The molecule has 0 fully saturated rings. The molecule has 0 radical (unpaired) electrons. The van der Waals surface area contributed by atoms with Crippen molar-refractivity contribution < 1.29 is 0 Å². The van der Waals surface area contributed by atoms with Crippen molar-refractivity contribution in [1.82, 2.24) is 0 Å². The zero-order chi connectivity index (χ0) is 26.7. The van der Waals surface area contributed by atoms with Gasteiger partial charge in [0.25, 0.3) is 0 Å². The van der Waals surface area contributed by atoms with E-state index in [1.807, 2.05) is 0 Å². The largest absolute Gasteiger partial charge is 0.0622 e. The van der Waals surface area contributed by atoms with Gasteiger partial charge in [-0.15, -0.1) is 0 Å². The first-order valence-electron chi connectivity index (χ1n) is 14.4. The molecule has 0 unspecified atom stereocenters. The van der Waals surface area contributed by atoms with Gasteiger partial charge >= 0.3 is 0 Å². The van der Waals surface area contributed by atoms with E-state index in [4.69, 9.17) is 0 Å². The molecule has 4 bridgehead atoms.